The van der Waals surface area contributed by atoms with E-state index in [1.54, 1.807) is 31.3 Å². The quantitative estimate of drug-likeness (QED) is 0.600. The average Bonchev–Trinajstić information content (AvgIpc) is 2.90. The number of hydrogen-bond acceptors (Lipinski definition) is 6. The molecule has 0 saturated heterocycles. The maximum Gasteiger partial charge on any atom is 0.243 e. The molecule has 0 atom stereocenters. The predicted octanol–water partition coefficient (Wildman–Crippen LogP) is 3.02. The number of rotatable bonds is 9. The van der Waals surface area contributed by atoms with Crippen LogP contribution in [-0.2, 0) is 16.4 Å². The molecular weight excluding hydrogens is 432 g/mol. The number of halogens is 1. The van der Waals surface area contributed by atoms with Gasteiger partial charge in [-0.05, 0) is 46.1 Å². The third-order valence-corrected chi connectivity index (χ3v) is 5.96. The third-order valence-electron chi connectivity index (χ3n) is 3.71. The van der Waals surface area contributed by atoms with Gasteiger partial charge in [0, 0.05) is 36.4 Å². The van der Waals surface area contributed by atoms with Crippen LogP contribution in [-0.4, -0.2) is 51.0 Å². The number of sulfonamides is 1. The van der Waals surface area contributed by atoms with E-state index < -0.39 is 15.6 Å². The SMILES string of the molecule is Cc1ncc(CCNc2cc(Br)ccc2S(=O)(=O)NC(C)(C)CN(C)C)o1. The minimum Gasteiger partial charge on any atom is -0.446 e. The van der Waals surface area contributed by atoms with Gasteiger partial charge in [0.2, 0.25) is 10.0 Å². The summed E-state index contributed by atoms with van der Waals surface area (Å²) in [6.07, 6.45) is 2.29. The standard InChI is InChI=1S/C18H27BrN4O3S/c1-13-21-11-15(26-13)8-9-20-16-10-14(19)6-7-17(16)27(24,25)22-18(2,3)12-23(4)5/h6-7,10-11,20,22H,8-9,12H2,1-5H3. The molecule has 9 heteroatoms. The highest BCUT2D eigenvalue weighted by molar-refractivity contribution is 9.10. The molecule has 27 heavy (non-hydrogen) atoms. The fraction of sp³-hybridized carbons (Fsp3) is 0.500. The third kappa shape index (κ3) is 6.60. The molecule has 0 aliphatic rings. The topological polar surface area (TPSA) is 87.5 Å². The number of nitrogens with one attached hydrogen (secondary N) is 2. The van der Waals surface area contributed by atoms with Crippen LogP contribution in [0.5, 0.6) is 0 Å². The summed E-state index contributed by atoms with van der Waals surface area (Å²) in [6, 6.07) is 5.08. The van der Waals surface area contributed by atoms with Gasteiger partial charge in [0.15, 0.2) is 5.89 Å². The van der Waals surface area contributed by atoms with Gasteiger partial charge in [0.05, 0.1) is 11.9 Å². The predicted molar refractivity (Wildman–Crippen MR) is 111 cm³/mol. The van der Waals surface area contributed by atoms with E-state index in [4.69, 9.17) is 4.42 Å². The molecule has 7 nitrogen and oxygen atoms in total. The molecule has 0 unspecified atom stereocenters. The molecule has 2 N–H and O–H groups in total. The smallest absolute Gasteiger partial charge is 0.243 e. The summed E-state index contributed by atoms with van der Waals surface area (Å²) in [4.78, 5) is 6.23. The number of aryl methyl sites for hydroxylation is 1. The lowest BCUT2D eigenvalue weighted by Crippen LogP contribution is -2.49. The van der Waals surface area contributed by atoms with Crippen molar-refractivity contribution in [1.29, 1.82) is 0 Å². The number of benzene rings is 1. The van der Waals surface area contributed by atoms with Crippen LogP contribution < -0.4 is 10.0 Å². The molecule has 0 aliphatic carbocycles. The summed E-state index contributed by atoms with van der Waals surface area (Å²) in [6.45, 7) is 6.62. The van der Waals surface area contributed by atoms with Crippen molar-refractivity contribution in [2.24, 2.45) is 0 Å². The molecule has 2 aromatic rings. The first-order chi connectivity index (χ1) is 12.5. The zero-order valence-corrected chi connectivity index (χ0v) is 18.7. The van der Waals surface area contributed by atoms with Crippen molar-refractivity contribution < 1.29 is 12.8 Å². The van der Waals surface area contributed by atoms with Gasteiger partial charge in [-0.25, -0.2) is 18.1 Å². The number of anilines is 1. The molecule has 1 aromatic carbocycles. The van der Waals surface area contributed by atoms with E-state index in [0.29, 0.717) is 31.1 Å². The molecule has 0 radical (unpaired) electrons. The summed E-state index contributed by atoms with van der Waals surface area (Å²) in [7, 11) is 0.123. The van der Waals surface area contributed by atoms with E-state index in [0.717, 1.165) is 10.2 Å². The Morgan fingerprint density at radius 3 is 2.59 bits per heavy atom. The Hall–Kier alpha value is -1.42. The van der Waals surface area contributed by atoms with Gasteiger partial charge in [0.25, 0.3) is 0 Å². The van der Waals surface area contributed by atoms with Crippen molar-refractivity contribution in [1.82, 2.24) is 14.6 Å². The Labute approximate surface area is 169 Å². The van der Waals surface area contributed by atoms with Crippen molar-refractivity contribution >= 4 is 31.6 Å². The maximum absolute atomic E-state index is 13.0. The lowest BCUT2D eigenvalue weighted by Gasteiger charge is -2.29. The van der Waals surface area contributed by atoms with E-state index in [-0.39, 0.29) is 4.90 Å². The van der Waals surface area contributed by atoms with Crippen LogP contribution in [0.25, 0.3) is 0 Å². The average molecular weight is 459 g/mol. The van der Waals surface area contributed by atoms with Crippen molar-refractivity contribution in [2.45, 2.75) is 37.6 Å². The molecule has 1 heterocycles. The van der Waals surface area contributed by atoms with Gasteiger partial charge in [-0.1, -0.05) is 15.9 Å². The van der Waals surface area contributed by atoms with Crippen LogP contribution in [0.15, 0.2) is 38.2 Å². The number of aromatic nitrogens is 1. The summed E-state index contributed by atoms with van der Waals surface area (Å²) in [5, 5.41) is 3.20. The number of hydrogen-bond donors (Lipinski definition) is 2. The minimum absolute atomic E-state index is 0.214. The second kappa shape index (κ2) is 8.72. The molecule has 0 amide bonds. The fourth-order valence-electron chi connectivity index (χ4n) is 2.96. The van der Waals surface area contributed by atoms with Gasteiger partial charge >= 0.3 is 0 Å². The minimum atomic E-state index is -3.70. The molecule has 0 saturated carbocycles. The maximum atomic E-state index is 13.0. The monoisotopic (exact) mass is 458 g/mol. The van der Waals surface area contributed by atoms with Gasteiger partial charge in [-0.15, -0.1) is 0 Å². The second-order valence-electron chi connectivity index (χ2n) is 7.39. The Morgan fingerprint density at radius 2 is 2.00 bits per heavy atom. The first-order valence-corrected chi connectivity index (χ1v) is 10.9. The summed E-state index contributed by atoms with van der Waals surface area (Å²) in [5.41, 5.74) is -0.0712. The Bertz CT molecular complexity index is 878. The van der Waals surface area contributed by atoms with Crippen LogP contribution in [0.3, 0.4) is 0 Å². The molecule has 1 aromatic heterocycles. The lowest BCUT2D eigenvalue weighted by molar-refractivity contribution is 0.298. The highest BCUT2D eigenvalue weighted by Crippen LogP contribution is 2.26. The van der Waals surface area contributed by atoms with Gasteiger partial charge in [-0.2, -0.15) is 0 Å². The van der Waals surface area contributed by atoms with Crippen LogP contribution in [0.2, 0.25) is 0 Å². The zero-order chi connectivity index (χ0) is 20.2. The van der Waals surface area contributed by atoms with Crippen molar-refractivity contribution in [3.05, 3.63) is 40.5 Å². The van der Waals surface area contributed by atoms with E-state index in [2.05, 4.69) is 31.0 Å². The van der Waals surface area contributed by atoms with Crippen molar-refractivity contribution in [3.8, 4) is 0 Å². The number of oxazole rings is 1. The summed E-state index contributed by atoms with van der Waals surface area (Å²) >= 11 is 3.41. The first-order valence-electron chi connectivity index (χ1n) is 8.62. The highest BCUT2D eigenvalue weighted by Gasteiger charge is 2.28. The molecule has 150 valence electrons. The van der Waals surface area contributed by atoms with Crippen LogP contribution in [0.1, 0.15) is 25.5 Å². The molecule has 0 spiro atoms. The Balaban J connectivity index is 2.18. The lowest BCUT2D eigenvalue weighted by atomic mass is 10.1. The molecule has 0 bridgehead atoms. The van der Waals surface area contributed by atoms with Gasteiger partial charge in [0.1, 0.15) is 10.7 Å². The van der Waals surface area contributed by atoms with Gasteiger partial charge < -0.3 is 14.6 Å². The molecule has 0 aliphatic heterocycles. The Morgan fingerprint density at radius 1 is 1.30 bits per heavy atom. The number of nitrogens with zero attached hydrogens (tertiary/aromatic N) is 2. The normalized spacial score (nSPS) is 12.6. The Kier molecular flexibility index (Phi) is 7.07. The largest absolute Gasteiger partial charge is 0.446 e. The van der Waals surface area contributed by atoms with E-state index in [1.807, 2.05) is 32.8 Å². The summed E-state index contributed by atoms with van der Waals surface area (Å²) in [5.74, 6) is 1.37. The summed E-state index contributed by atoms with van der Waals surface area (Å²) < 4.78 is 35.0. The van der Waals surface area contributed by atoms with Crippen LogP contribution >= 0.6 is 15.9 Å². The van der Waals surface area contributed by atoms with E-state index in [9.17, 15) is 8.42 Å². The highest BCUT2D eigenvalue weighted by atomic mass is 79.9. The van der Waals surface area contributed by atoms with Crippen LogP contribution in [0.4, 0.5) is 5.69 Å². The van der Waals surface area contributed by atoms with Gasteiger partial charge in [-0.3, -0.25) is 0 Å². The first kappa shape index (κ1) is 21.9. The van der Waals surface area contributed by atoms with Crippen molar-refractivity contribution in [2.75, 3.05) is 32.5 Å². The number of likely N-dealkylation sites (N-methyl/N-ethyl adjacent to an activating group) is 1. The zero-order valence-electron chi connectivity index (χ0n) is 16.3. The van der Waals surface area contributed by atoms with Crippen LogP contribution in [0, 0.1) is 6.92 Å². The van der Waals surface area contributed by atoms with Crippen molar-refractivity contribution in [3.63, 3.8) is 0 Å². The van der Waals surface area contributed by atoms with E-state index >= 15 is 0 Å². The second-order valence-corrected chi connectivity index (χ2v) is 9.96. The molecule has 0 fully saturated rings. The molecular formula is C18H27BrN4O3S. The fourth-order valence-corrected chi connectivity index (χ4v) is 4.89. The molecule has 2 rings (SSSR count). The van der Waals surface area contributed by atoms with E-state index in [1.165, 1.54) is 0 Å².